The van der Waals surface area contributed by atoms with Gasteiger partial charge in [-0.15, -0.1) is 0 Å². The van der Waals surface area contributed by atoms with Crippen molar-refractivity contribution in [3.8, 4) is 5.75 Å². The lowest BCUT2D eigenvalue weighted by Gasteiger charge is -2.39. The topological polar surface area (TPSA) is 91.0 Å². The van der Waals surface area contributed by atoms with Gasteiger partial charge in [-0.2, -0.15) is 0 Å². The average Bonchev–Trinajstić information content (AvgIpc) is 3.37. The molecule has 2 aliphatic rings. The van der Waals surface area contributed by atoms with Crippen molar-refractivity contribution in [3.63, 3.8) is 0 Å². The Hall–Kier alpha value is -3.46. The monoisotopic (exact) mass is 538 g/mol. The number of carbonyl (C=O) groups is 3. The van der Waals surface area contributed by atoms with Crippen LogP contribution in [0.2, 0.25) is 0 Å². The van der Waals surface area contributed by atoms with Crippen LogP contribution >= 0.6 is 0 Å². The lowest BCUT2D eigenvalue weighted by molar-refractivity contribution is -0.144. The number of piperidine rings is 1. The number of rotatable bonds is 12. The van der Waals surface area contributed by atoms with Gasteiger partial charge in [0.2, 0.25) is 17.7 Å². The number of methoxy groups -OCH3 is 1. The summed E-state index contributed by atoms with van der Waals surface area (Å²) in [5, 5.41) is 6.08. The van der Waals surface area contributed by atoms with E-state index in [1.54, 1.807) is 16.9 Å². The van der Waals surface area contributed by atoms with Gasteiger partial charge in [0.1, 0.15) is 18.0 Å². The average molecular weight is 539 g/mol. The Labute approximate surface area is 229 Å². The zero-order valence-electron chi connectivity index (χ0n) is 22.6. The van der Waals surface area contributed by atoms with Crippen LogP contribution < -0.4 is 15.4 Å². The summed E-state index contributed by atoms with van der Waals surface area (Å²) in [6.45, 7) is 2.22. The Kier molecular flexibility index (Phi) is 10.3. The molecular formula is C30H39FN4O4. The highest BCUT2D eigenvalue weighted by atomic mass is 19.1. The summed E-state index contributed by atoms with van der Waals surface area (Å²) in [5.41, 5.74) is 1.92. The first-order chi connectivity index (χ1) is 18.9. The van der Waals surface area contributed by atoms with Gasteiger partial charge in [-0.1, -0.05) is 42.5 Å². The SMILES string of the molecule is COc1ccc(CCC(=O)N(CCN2CCCC2=O)C(C(=O)NCc2ccccc2)C2CNCC(F)C2)cc1. The zero-order chi connectivity index (χ0) is 27.6. The minimum Gasteiger partial charge on any atom is -0.497 e. The zero-order valence-corrected chi connectivity index (χ0v) is 22.6. The molecule has 2 aromatic rings. The van der Waals surface area contributed by atoms with Crippen molar-refractivity contribution in [1.29, 1.82) is 0 Å². The van der Waals surface area contributed by atoms with Crippen LogP contribution in [0.4, 0.5) is 4.39 Å². The van der Waals surface area contributed by atoms with Gasteiger partial charge >= 0.3 is 0 Å². The van der Waals surface area contributed by atoms with E-state index in [1.165, 1.54) is 0 Å². The number of nitrogens with one attached hydrogen (secondary N) is 2. The second kappa shape index (κ2) is 14.1. The summed E-state index contributed by atoms with van der Waals surface area (Å²) in [7, 11) is 1.60. The quantitative estimate of drug-likeness (QED) is 0.434. The van der Waals surface area contributed by atoms with Crippen molar-refractivity contribution in [1.82, 2.24) is 20.4 Å². The van der Waals surface area contributed by atoms with Crippen LogP contribution in [0.15, 0.2) is 54.6 Å². The maximum Gasteiger partial charge on any atom is 0.243 e. The van der Waals surface area contributed by atoms with Crippen LogP contribution in [0.3, 0.4) is 0 Å². The fourth-order valence-corrected chi connectivity index (χ4v) is 5.44. The van der Waals surface area contributed by atoms with Crippen molar-refractivity contribution < 1.29 is 23.5 Å². The van der Waals surface area contributed by atoms with E-state index in [2.05, 4.69) is 10.6 Å². The number of carbonyl (C=O) groups excluding carboxylic acids is 3. The molecule has 8 nitrogen and oxygen atoms in total. The number of nitrogens with zero attached hydrogens (tertiary/aromatic N) is 2. The summed E-state index contributed by atoms with van der Waals surface area (Å²) in [6.07, 6.45) is 1.09. The number of hydrogen-bond acceptors (Lipinski definition) is 5. The molecule has 3 amide bonds. The second-order valence-electron chi connectivity index (χ2n) is 10.3. The predicted octanol–water partition coefficient (Wildman–Crippen LogP) is 2.71. The van der Waals surface area contributed by atoms with E-state index in [1.807, 2.05) is 54.6 Å². The molecule has 0 aromatic heterocycles. The molecule has 0 aliphatic carbocycles. The third-order valence-electron chi connectivity index (χ3n) is 7.58. The third kappa shape index (κ3) is 8.02. The van der Waals surface area contributed by atoms with Crippen molar-refractivity contribution in [2.45, 2.75) is 50.9 Å². The summed E-state index contributed by atoms with van der Waals surface area (Å²) in [4.78, 5) is 43.1. The molecule has 0 saturated carbocycles. The molecule has 2 N–H and O–H groups in total. The lowest BCUT2D eigenvalue weighted by atomic mass is 9.88. The van der Waals surface area contributed by atoms with E-state index < -0.39 is 12.2 Å². The van der Waals surface area contributed by atoms with Gasteiger partial charge in [-0.05, 0) is 42.5 Å². The van der Waals surface area contributed by atoms with Gasteiger partial charge in [0.15, 0.2) is 0 Å². The van der Waals surface area contributed by atoms with Crippen LogP contribution in [-0.4, -0.2) is 79.6 Å². The summed E-state index contributed by atoms with van der Waals surface area (Å²) >= 11 is 0. The molecular weight excluding hydrogens is 499 g/mol. The van der Waals surface area contributed by atoms with Gasteiger partial charge in [0.25, 0.3) is 0 Å². The molecule has 210 valence electrons. The predicted molar refractivity (Wildman–Crippen MR) is 147 cm³/mol. The number of ether oxygens (including phenoxy) is 1. The highest BCUT2D eigenvalue weighted by molar-refractivity contribution is 5.88. The number of benzene rings is 2. The first kappa shape index (κ1) is 28.5. The Morgan fingerprint density at radius 3 is 2.56 bits per heavy atom. The molecule has 2 aliphatic heterocycles. The molecule has 3 unspecified atom stereocenters. The number of alkyl halides is 1. The molecule has 39 heavy (non-hydrogen) atoms. The number of likely N-dealkylation sites (tertiary alicyclic amines) is 1. The first-order valence-corrected chi connectivity index (χ1v) is 13.8. The van der Waals surface area contributed by atoms with Gasteiger partial charge in [-0.25, -0.2) is 4.39 Å². The number of aryl methyl sites for hydroxylation is 1. The smallest absolute Gasteiger partial charge is 0.243 e. The van der Waals surface area contributed by atoms with E-state index in [4.69, 9.17) is 4.74 Å². The minimum absolute atomic E-state index is 0.0638. The largest absolute Gasteiger partial charge is 0.497 e. The van der Waals surface area contributed by atoms with E-state index in [0.29, 0.717) is 39.0 Å². The van der Waals surface area contributed by atoms with E-state index in [0.717, 1.165) is 23.3 Å². The summed E-state index contributed by atoms with van der Waals surface area (Å²) < 4.78 is 19.7. The molecule has 0 radical (unpaired) electrons. The van der Waals surface area contributed by atoms with Crippen LogP contribution in [0.25, 0.3) is 0 Å². The Bertz CT molecular complexity index is 1100. The standard InChI is InChI=1S/C30H39FN4O4/c1-39-26-12-9-22(10-13-26)11-14-28(37)35(17-16-34-15-5-8-27(34)36)29(24-18-25(31)21-32-20-24)30(38)33-19-23-6-3-2-4-7-23/h2-4,6-7,9-10,12-13,24-25,29,32H,5,8,11,14-21H2,1H3,(H,33,38). The van der Waals surface area contributed by atoms with Gasteiger partial charge in [0.05, 0.1) is 7.11 Å². The molecule has 3 atom stereocenters. The minimum atomic E-state index is -1.09. The van der Waals surface area contributed by atoms with Crippen LogP contribution in [-0.2, 0) is 27.3 Å². The number of amides is 3. The van der Waals surface area contributed by atoms with Crippen molar-refractivity contribution in [2.24, 2.45) is 5.92 Å². The Morgan fingerprint density at radius 2 is 1.90 bits per heavy atom. The summed E-state index contributed by atoms with van der Waals surface area (Å²) in [5.74, 6) is -0.0658. The Morgan fingerprint density at radius 1 is 1.13 bits per heavy atom. The fraction of sp³-hybridized carbons (Fsp3) is 0.500. The van der Waals surface area contributed by atoms with Gasteiger partial charge < -0.3 is 25.2 Å². The molecule has 2 aromatic carbocycles. The molecule has 2 fully saturated rings. The van der Waals surface area contributed by atoms with Crippen molar-refractivity contribution in [3.05, 3.63) is 65.7 Å². The molecule has 0 spiro atoms. The molecule has 9 heteroatoms. The van der Waals surface area contributed by atoms with Crippen molar-refractivity contribution in [2.75, 3.05) is 39.8 Å². The number of halogens is 1. The lowest BCUT2D eigenvalue weighted by Crippen LogP contribution is -2.58. The normalized spacial score (nSPS) is 19.9. The molecule has 2 saturated heterocycles. The molecule has 0 bridgehead atoms. The maximum atomic E-state index is 14.5. The van der Waals surface area contributed by atoms with Gasteiger partial charge in [0, 0.05) is 58.0 Å². The fourth-order valence-electron chi connectivity index (χ4n) is 5.44. The maximum absolute atomic E-state index is 14.5. The third-order valence-corrected chi connectivity index (χ3v) is 7.58. The summed E-state index contributed by atoms with van der Waals surface area (Å²) in [6, 6.07) is 16.3. The van der Waals surface area contributed by atoms with E-state index in [-0.39, 0.29) is 49.6 Å². The first-order valence-electron chi connectivity index (χ1n) is 13.8. The molecule has 4 rings (SSSR count). The van der Waals surface area contributed by atoms with Crippen LogP contribution in [0.1, 0.15) is 36.8 Å². The van der Waals surface area contributed by atoms with Crippen LogP contribution in [0.5, 0.6) is 5.75 Å². The van der Waals surface area contributed by atoms with E-state index >= 15 is 0 Å². The number of hydrogen-bond donors (Lipinski definition) is 2. The molecule has 2 heterocycles. The van der Waals surface area contributed by atoms with Gasteiger partial charge in [-0.3, -0.25) is 14.4 Å². The highest BCUT2D eigenvalue weighted by Gasteiger charge is 2.39. The second-order valence-corrected chi connectivity index (χ2v) is 10.3. The van der Waals surface area contributed by atoms with E-state index in [9.17, 15) is 18.8 Å². The van der Waals surface area contributed by atoms with Crippen molar-refractivity contribution >= 4 is 17.7 Å². The Balaban J connectivity index is 1.54. The van der Waals surface area contributed by atoms with Crippen LogP contribution in [0, 0.1) is 5.92 Å². The highest BCUT2D eigenvalue weighted by Crippen LogP contribution is 2.24.